The monoisotopic (exact) mass is 258 g/mol. The van der Waals surface area contributed by atoms with Crippen molar-refractivity contribution in [1.82, 2.24) is 5.32 Å². The van der Waals surface area contributed by atoms with Crippen molar-refractivity contribution in [3.8, 4) is 0 Å². The summed E-state index contributed by atoms with van der Waals surface area (Å²) in [6.45, 7) is 2.75. The van der Waals surface area contributed by atoms with Gasteiger partial charge in [0.2, 0.25) is 0 Å². The van der Waals surface area contributed by atoms with Gasteiger partial charge < -0.3 is 11.1 Å². The van der Waals surface area contributed by atoms with E-state index < -0.39 is 0 Å². The summed E-state index contributed by atoms with van der Waals surface area (Å²) >= 11 is 0. The standard InChI is InChI=1S/C16H22N2O/c1-10-3-2-4-13(15(10)17)16(19)18-9-14(11-5-6-11)12-7-8-12/h2-4,11-12,14H,5-9,17H2,1H3,(H,18,19). The first-order valence-electron chi connectivity index (χ1n) is 7.30. The van der Waals surface area contributed by atoms with Crippen molar-refractivity contribution in [2.45, 2.75) is 32.6 Å². The van der Waals surface area contributed by atoms with Gasteiger partial charge in [-0.3, -0.25) is 4.79 Å². The topological polar surface area (TPSA) is 55.1 Å². The van der Waals surface area contributed by atoms with Gasteiger partial charge in [-0.25, -0.2) is 0 Å². The smallest absolute Gasteiger partial charge is 0.253 e. The van der Waals surface area contributed by atoms with E-state index in [9.17, 15) is 4.79 Å². The second-order valence-corrected chi connectivity index (χ2v) is 6.08. The minimum atomic E-state index is -0.0208. The number of hydrogen-bond donors (Lipinski definition) is 2. The number of para-hydroxylation sites is 1. The van der Waals surface area contributed by atoms with Crippen molar-refractivity contribution >= 4 is 11.6 Å². The van der Waals surface area contributed by atoms with Gasteiger partial charge in [0, 0.05) is 12.2 Å². The third-order valence-corrected chi connectivity index (χ3v) is 4.52. The molecule has 1 amide bonds. The van der Waals surface area contributed by atoms with Crippen molar-refractivity contribution in [2.24, 2.45) is 17.8 Å². The fourth-order valence-electron chi connectivity index (χ4n) is 2.95. The van der Waals surface area contributed by atoms with Crippen LogP contribution in [-0.4, -0.2) is 12.5 Å². The molecule has 0 unspecified atom stereocenters. The van der Waals surface area contributed by atoms with Crippen LogP contribution in [-0.2, 0) is 0 Å². The minimum Gasteiger partial charge on any atom is -0.398 e. The SMILES string of the molecule is Cc1cccc(C(=O)NCC(C2CC2)C2CC2)c1N. The number of carbonyl (C=O) groups is 1. The lowest BCUT2D eigenvalue weighted by molar-refractivity contribution is 0.0944. The molecule has 2 fully saturated rings. The predicted molar refractivity (Wildman–Crippen MR) is 76.9 cm³/mol. The zero-order chi connectivity index (χ0) is 13.4. The van der Waals surface area contributed by atoms with Gasteiger partial charge in [0.05, 0.1) is 5.56 Å². The Balaban J connectivity index is 1.62. The predicted octanol–water partition coefficient (Wildman–Crippen LogP) is 2.74. The maximum absolute atomic E-state index is 12.2. The highest BCUT2D eigenvalue weighted by atomic mass is 16.1. The molecule has 3 nitrogen and oxygen atoms in total. The van der Waals surface area contributed by atoms with Crippen LogP contribution < -0.4 is 11.1 Å². The van der Waals surface area contributed by atoms with Gasteiger partial charge in [0.25, 0.3) is 5.91 Å². The van der Waals surface area contributed by atoms with Crippen molar-refractivity contribution in [1.29, 1.82) is 0 Å². The molecule has 1 aromatic rings. The van der Waals surface area contributed by atoms with Gasteiger partial charge in [-0.1, -0.05) is 12.1 Å². The maximum atomic E-state index is 12.2. The van der Waals surface area contributed by atoms with Crippen molar-refractivity contribution in [2.75, 3.05) is 12.3 Å². The summed E-state index contributed by atoms with van der Waals surface area (Å²) in [5.41, 5.74) is 8.16. The number of anilines is 1. The normalized spacial score (nSPS) is 18.6. The first-order valence-corrected chi connectivity index (χ1v) is 7.30. The fraction of sp³-hybridized carbons (Fsp3) is 0.562. The number of aryl methyl sites for hydroxylation is 1. The molecule has 0 radical (unpaired) electrons. The molecule has 2 aliphatic rings. The lowest BCUT2D eigenvalue weighted by atomic mass is 9.97. The highest BCUT2D eigenvalue weighted by Gasteiger charge is 2.41. The van der Waals surface area contributed by atoms with E-state index in [4.69, 9.17) is 5.73 Å². The molecule has 2 aliphatic carbocycles. The van der Waals surface area contributed by atoms with Crippen LogP contribution in [0, 0.1) is 24.7 Å². The van der Waals surface area contributed by atoms with Crippen molar-refractivity contribution in [3.63, 3.8) is 0 Å². The zero-order valence-electron chi connectivity index (χ0n) is 11.5. The Morgan fingerprint density at radius 1 is 1.32 bits per heavy atom. The Kier molecular flexibility index (Phi) is 3.21. The number of amides is 1. The maximum Gasteiger partial charge on any atom is 0.253 e. The van der Waals surface area contributed by atoms with E-state index in [0.717, 1.165) is 23.9 Å². The molecule has 1 aromatic carbocycles. The summed E-state index contributed by atoms with van der Waals surface area (Å²) in [5.74, 6) is 2.41. The van der Waals surface area contributed by atoms with Crippen LogP contribution in [0.4, 0.5) is 5.69 Å². The van der Waals surface area contributed by atoms with Gasteiger partial charge in [0.1, 0.15) is 0 Å². The van der Waals surface area contributed by atoms with Crippen molar-refractivity contribution in [3.05, 3.63) is 29.3 Å². The molecule has 2 saturated carbocycles. The first kappa shape index (κ1) is 12.5. The van der Waals surface area contributed by atoms with Crippen LogP contribution in [0.2, 0.25) is 0 Å². The summed E-state index contributed by atoms with van der Waals surface area (Å²) < 4.78 is 0. The molecule has 0 atom stereocenters. The number of rotatable bonds is 5. The lowest BCUT2D eigenvalue weighted by Crippen LogP contribution is -2.31. The number of nitrogen functional groups attached to an aromatic ring is 1. The summed E-state index contributed by atoms with van der Waals surface area (Å²) in [4.78, 5) is 12.2. The largest absolute Gasteiger partial charge is 0.398 e. The molecule has 0 saturated heterocycles. The highest BCUT2D eigenvalue weighted by molar-refractivity contribution is 5.99. The Bertz CT molecular complexity index is 478. The number of nitrogens with one attached hydrogen (secondary N) is 1. The van der Waals surface area contributed by atoms with Crippen LogP contribution >= 0.6 is 0 Å². The second kappa shape index (κ2) is 4.87. The molecule has 0 spiro atoms. The molecule has 0 aromatic heterocycles. The summed E-state index contributed by atoms with van der Waals surface area (Å²) in [5, 5.41) is 3.09. The molecular weight excluding hydrogens is 236 g/mol. The average Bonchev–Trinajstić information content (AvgIpc) is 3.26. The number of carbonyl (C=O) groups excluding carboxylic acids is 1. The molecule has 3 heteroatoms. The molecular formula is C16H22N2O. The second-order valence-electron chi connectivity index (χ2n) is 6.08. The number of nitrogens with two attached hydrogens (primary N) is 1. The van der Waals surface area contributed by atoms with Gasteiger partial charge in [-0.15, -0.1) is 0 Å². The average molecular weight is 258 g/mol. The minimum absolute atomic E-state index is 0.0208. The van der Waals surface area contributed by atoms with Crippen LogP contribution in [0.15, 0.2) is 18.2 Å². The Morgan fingerprint density at radius 2 is 1.95 bits per heavy atom. The van der Waals surface area contributed by atoms with Gasteiger partial charge in [0.15, 0.2) is 0 Å². The summed E-state index contributed by atoms with van der Waals surface area (Å²) in [6.07, 6.45) is 5.40. The summed E-state index contributed by atoms with van der Waals surface area (Å²) in [6, 6.07) is 5.63. The molecule has 19 heavy (non-hydrogen) atoms. The Morgan fingerprint density at radius 3 is 2.53 bits per heavy atom. The van der Waals surface area contributed by atoms with Crippen LogP contribution in [0.5, 0.6) is 0 Å². The van der Waals surface area contributed by atoms with Crippen LogP contribution in [0.25, 0.3) is 0 Å². The van der Waals surface area contributed by atoms with E-state index in [2.05, 4.69) is 5.32 Å². The van der Waals surface area contributed by atoms with Crippen LogP contribution in [0.1, 0.15) is 41.6 Å². The molecule has 3 N–H and O–H groups in total. The van der Waals surface area contributed by atoms with E-state index in [1.165, 1.54) is 25.7 Å². The van der Waals surface area contributed by atoms with Crippen molar-refractivity contribution < 1.29 is 4.79 Å². The Labute approximate surface area is 114 Å². The Hall–Kier alpha value is -1.51. The van der Waals surface area contributed by atoms with Gasteiger partial charge in [-0.2, -0.15) is 0 Å². The fourth-order valence-corrected chi connectivity index (χ4v) is 2.95. The third kappa shape index (κ3) is 2.75. The first-order chi connectivity index (χ1) is 9.16. The lowest BCUT2D eigenvalue weighted by Gasteiger charge is -2.17. The van der Waals surface area contributed by atoms with E-state index in [1.807, 2.05) is 19.1 Å². The third-order valence-electron chi connectivity index (χ3n) is 4.52. The molecule has 102 valence electrons. The van der Waals surface area contributed by atoms with E-state index >= 15 is 0 Å². The van der Waals surface area contributed by atoms with E-state index in [0.29, 0.717) is 17.2 Å². The molecule has 3 rings (SSSR count). The van der Waals surface area contributed by atoms with Gasteiger partial charge >= 0.3 is 0 Å². The van der Waals surface area contributed by atoms with Crippen LogP contribution in [0.3, 0.4) is 0 Å². The van der Waals surface area contributed by atoms with E-state index in [1.54, 1.807) is 6.07 Å². The number of hydrogen-bond acceptors (Lipinski definition) is 2. The summed E-state index contributed by atoms with van der Waals surface area (Å²) in [7, 11) is 0. The molecule has 0 heterocycles. The van der Waals surface area contributed by atoms with E-state index in [-0.39, 0.29) is 5.91 Å². The zero-order valence-corrected chi connectivity index (χ0v) is 11.5. The quantitative estimate of drug-likeness (QED) is 0.798. The van der Waals surface area contributed by atoms with Gasteiger partial charge in [-0.05, 0) is 62.0 Å². The molecule has 0 aliphatic heterocycles. The number of benzene rings is 1. The molecule has 0 bridgehead atoms. The highest BCUT2D eigenvalue weighted by Crippen LogP contribution is 2.48.